The summed E-state index contributed by atoms with van der Waals surface area (Å²) in [6.07, 6.45) is 8.48. The van der Waals surface area contributed by atoms with Crippen LogP contribution in [0.1, 0.15) is 50.5 Å². The van der Waals surface area contributed by atoms with Gasteiger partial charge >= 0.3 is 0 Å². The number of piperidine rings is 1. The lowest BCUT2D eigenvalue weighted by atomic mass is 9.64. The maximum Gasteiger partial charge on any atom is 0.163 e. The van der Waals surface area contributed by atoms with E-state index in [-0.39, 0.29) is 5.41 Å². The molecular formula is C20H29N3O2. The van der Waals surface area contributed by atoms with E-state index in [1.54, 1.807) is 7.11 Å². The summed E-state index contributed by atoms with van der Waals surface area (Å²) in [6, 6.07) is 4.10. The number of methoxy groups -OCH3 is 1. The average Bonchev–Trinajstić information content (AvgIpc) is 2.89. The van der Waals surface area contributed by atoms with Gasteiger partial charge < -0.3 is 20.1 Å². The van der Waals surface area contributed by atoms with Gasteiger partial charge in [0.1, 0.15) is 5.84 Å². The SMILES string of the molecule is COc1cc2c(cc1OCCCN1CCCCC1)N=C(N)C21CCC1. The number of aliphatic imine (C=N–C) groups is 1. The van der Waals surface area contributed by atoms with Crippen molar-refractivity contribution in [1.29, 1.82) is 0 Å². The van der Waals surface area contributed by atoms with Gasteiger partial charge in [-0.25, -0.2) is 4.99 Å². The molecule has 2 N–H and O–H groups in total. The van der Waals surface area contributed by atoms with Crippen LogP contribution in [0.2, 0.25) is 0 Å². The van der Waals surface area contributed by atoms with Crippen LogP contribution in [-0.4, -0.2) is 44.1 Å². The highest BCUT2D eigenvalue weighted by Crippen LogP contribution is 2.53. The van der Waals surface area contributed by atoms with E-state index in [4.69, 9.17) is 15.2 Å². The number of hydrogen-bond acceptors (Lipinski definition) is 5. The minimum absolute atomic E-state index is 0.0323. The fraction of sp³-hybridized carbons (Fsp3) is 0.650. The molecule has 0 radical (unpaired) electrons. The second kappa shape index (κ2) is 6.87. The van der Waals surface area contributed by atoms with Gasteiger partial charge in [-0.1, -0.05) is 12.8 Å². The number of nitrogens with zero attached hydrogens (tertiary/aromatic N) is 2. The first-order chi connectivity index (χ1) is 12.2. The Balaban J connectivity index is 1.41. The number of ether oxygens (including phenoxy) is 2. The molecule has 5 nitrogen and oxygen atoms in total. The smallest absolute Gasteiger partial charge is 0.163 e. The van der Waals surface area contributed by atoms with E-state index < -0.39 is 0 Å². The van der Waals surface area contributed by atoms with Crippen LogP contribution in [-0.2, 0) is 5.41 Å². The molecule has 25 heavy (non-hydrogen) atoms. The summed E-state index contributed by atoms with van der Waals surface area (Å²) in [7, 11) is 1.70. The number of likely N-dealkylation sites (tertiary alicyclic amines) is 1. The predicted octanol–water partition coefficient (Wildman–Crippen LogP) is 3.37. The van der Waals surface area contributed by atoms with Crippen molar-refractivity contribution in [1.82, 2.24) is 4.90 Å². The number of amidine groups is 1. The molecule has 0 unspecified atom stereocenters. The Morgan fingerprint density at radius 2 is 1.92 bits per heavy atom. The summed E-state index contributed by atoms with van der Waals surface area (Å²) in [5.41, 5.74) is 8.38. The topological polar surface area (TPSA) is 60.1 Å². The molecule has 2 aliphatic heterocycles. The molecule has 136 valence electrons. The molecule has 4 rings (SSSR count). The fourth-order valence-electron chi connectivity index (χ4n) is 4.38. The summed E-state index contributed by atoms with van der Waals surface area (Å²) in [4.78, 5) is 7.16. The Bertz CT molecular complexity index is 661. The van der Waals surface area contributed by atoms with Crippen molar-refractivity contribution in [2.24, 2.45) is 10.7 Å². The molecular weight excluding hydrogens is 314 g/mol. The highest BCUT2D eigenvalue weighted by atomic mass is 16.5. The maximum absolute atomic E-state index is 6.23. The monoisotopic (exact) mass is 343 g/mol. The van der Waals surface area contributed by atoms with E-state index in [2.05, 4.69) is 16.0 Å². The van der Waals surface area contributed by atoms with Crippen LogP contribution in [0.5, 0.6) is 11.5 Å². The molecule has 2 heterocycles. The molecule has 2 fully saturated rings. The first kappa shape index (κ1) is 16.7. The first-order valence-electron chi connectivity index (χ1n) is 9.65. The van der Waals surface area contributed by atoms with E-state index in [1.807, 2.05) is 6.07 Å². The second-order valence-corrected chi connectivity index (χ2v) is 7.56. The van der Waals surface area contributed by atoms with E-state index in [0.717, 1.165) is 48.8 Å². The molecule has 1 aliphatic carbocycles. The minimum atomic E-state index is -0.0323. The number of rotatable bonds is 6. The predicted molar refractivity (Wildman–Crippen MR) is 100 cm³/mol. The van der Waals surface area contributed by atoms with Crippen molar-refractivity contribution in [3.8, 4) is 11.5 Å². The van der Waals surface area contributed by atoms with Gasteiger partial charge in [0.05, 0.1) is 24.8 Å². The largest absolute Gasteiger partial charge is 0.493 e. The maximum atomic E-state index is 6.23. The molecule has 1 aromatic rings. The third-order valence-corrected chi connectivity index (χ3v) is 6.06. The van der Waals surface area contributed by atoms with Gasteiger partial charge in [0.25, 0.3) is 0 Å². The van der Waals surface area contributed by atoms with Crippen molar-refractivity contribution in [3.63, 3.8) is 0 Å². The van der Waals surface area contributed by atoms with Crippen LogP contribution in [0.15, 0.2) is 17.1 Å². The standard InChI is InChI=1S/C20H29N3O2/c1-24-17-13-15-16(22-19(21)20(15)7-5-8-20)14-18(17)25-12-6-11-23-9-3-2-4-10-23/h13-14H,2-12H2,1H3,(H2,21,22). The van der Waals surface area contributed by atoms with E-state index >= 15 is 0 Å². The molecule has 5 heteroatoms. The van der Waals surface area contributed by atoms with Gasteiger partial charge in [-0.2, -0.15) is 0 Å². The van der Waals surface area contributed by atoms with Crippen LogP contribution >= 0.6 is 0 Å². The fourth-order valence-corrected chi connectivity index (χ4v) is 4.38. The van der Waals surface area contributed by atoms with Gasteiger partial charge in [0.15, 0.2) is 11.5 Å². The normalized spacial score (nSPS) is 21.6. The zero-order chi connectivity index (χ0) is 17.3. The lowest BCUT2D eigenvalue weighted by Crippen LogP contribution is -2.44. The van der Waals surface area contributed by atoms with Crippen LogP contribution < -0.4 is 15.2 Å². The Morgan fingerprint density at radius 1 is 1.12 bits per heavy atom. The molecule has 0 bridgehead atoms. The van der Waals surface area contributed by atoms with E-state index in [1.165, 1.54) is 44.3 Å². The number of benzene rings is 1. The summed E-state index contributed by atoms with van der Waals surface area (Å²) in [6.45, 7) is 4.29. The number of fused-ring (bicyclic) bond motifs is 2. The molecule has 0 atom stereocenters. The average molecular weight is 343 g/mol. The van der Waals surface area contributed by atoms with E-state index in [9.17, 15) is 0 Å². The second-order valence-electron chi connectivity index (χ2n) is 7.56. The lowest BCUT2D eigenvalue weighted by Gasteiger charge is -2.38. The van der Waals surface area contributed by atoms with Gasteiger partial charge in [0, 0.05) is 12.6 Å². The van der Waals surface area contributed by atoms with Gasteiger partial charge in [-0.05, 0) is 56.8 Å². The van der Waals surface area contributed by atoms with Crippen LogP contribution in [0, 0.1) is 0 Å². The quantitative estimate of drug-likeness (QED) is 0.805. The van der Waals surface area contributed by atoms with Crippen molar-refractivity contribution >= 4 is 11.5 Å². The van der Waals surface area contributed by atoms with Crippen LogP contribution in [0.25, 0.3) is 0 Å². The molecule has 1 saturated heterocycles. The Kier molecular flexibility index (Phi) is 4.59. The Hall–Kier alpha value is -1.75. The third kappa shape index (κ3) is 2.99. The first-order valence-corrected chi connectivity index (χ1v) is 9.65. The molecule has 3 aliphatic rings. The van der Waals surface area contributed by atoms with Crippen molar-refractivity contribution in [2.75, 3.05) is 33.4 Å². The van der Waals surface area contributed by atoms with Crippen LogP contribution in [0.3, 0.4) is 0 Å². The Morgan fingerprint density at radius 3 is 2.60 bits per heavy atom. The summed E-state index contributed by atoms with van der Waals surface area (Å²) >= 11 is 0. The van der Waals surface area contributed by atoms with Gasteiger partial charge in [-0.15, -0.1) is 0 Å². The molecule has 1 aromatic carbocycles. The summed E-state index contributed by atoms with van der Waals surface area (Å²) in [5.74, 6) is 2.35. The summed E-state index contributed by atoms with van der Waals surface area (Å²) in [5, 5.41) is 0. The molecule has 1 saturated carbocycles. The highest BCUT2D eigenvalue weighted by Gasteiger charge is 2.47. The zero-order valence-electron chi connectivity index (χ0n) is 15.2. The number of hydrogen-bond donors (Lipinski definition) is 1. The highest BCUT2D eigenvalue weighted by molar-refractivity contribution is 6.00. The van der Waals surface area contributed by atoms with Gasteiger partial charge in [0.2, 0.25) is 0 Å². The zero-order valence-corrected chi connectivity index (χ0v) is 15.2. The van der Waals surface area contributed by atoms with Crippen molar-refractivity contribution < 1.29 is 9.47 Å². The molecule has 0 amide bonds. The van der Waals surface area contributed by atoms with Crippen LogP contribution in [0.4, 0.5) is 5.69 Å². The third-order valence-electron chi connectivity index (χ3n) is 6.06. The Labute approximate surface area is 150 Å². The van der Waals surface area contributed by atoms with Gasteiger partial charge in [-0.3, -0.25) is 0 Å². The lowest BCUT2D eigenvalue weighted by molar-refractivity contribution is 0.203. The van der Waals surface area contributed by atoms with E-state index in [0.29, 0.717) is 6.61 Å². The summed E-state index contributed by atoms with van der Waals surface area (Å²) < 4.78 is 11.6. The number of nitrogens with two attached hydrogens (primary N) is 1. The van der Waals surface area contributed by atoms with Crippen molar-refractivity contribution in [3.05, 3.63) is 17.7 Å². The minimum Gasteiger partial charge on any atom is -0.493 e. The molecule has 0 aromatic heterocycles. The molecule has 1 spiro atoms. The van der Waals surface area contributed by atoms with Crippen molar-refractivity contribution in [2.45, 2.75) is 50.4 Å².